The van der Waals surface area contributed by atoms with Crippen LogP contribution in [0.3, 0.4) is 0 Å². The highest BCUT2D eigenvalue weighted by Gasteiger charge is 2.37. The topological polar surface area (TPSA) is 27.7 Å². The Bertz CT molecular complexity index is 361. The van der Waals surface area contributed by atoms with Crippen LogP contribution in [0.4, 0.5) is 0 Å². The first kappa shape index (κ1) is 11.4. The fourth-order valence-corrected chi connectivity index (χ4v) is 2.34. The Morgan fingerprint density at radius 2 is 1.94 bits per heavy atom. The molecule has 0 fully saturated rings. The molecule has 0 aromatic rings. The van der Waals surface area contributed by atoms with Crippen molar-refractivity contribution in [3.8, 4) is 0 Å². The molecule has 2 unspecified atom stereocenters. The summed E-state index contributed by atoms with van der Waals surface area (Å²) >= 11 is 0. The van der Waals surface area contributed by atoms with Crippen LogP contribution in [-0.2, 0) is 14.2 Å². The summed E-state index contributed by atoms with van der Waals surface area (Å²) in [6.45, 7) is 4.12. The lowest BCUT2D eigenvalue weighted by molar-refractivity contribution is -0.151. The number of hydrogen-bond donors (Lipinski definition) is 0. The van der Waals surface area contributed by atoms with Gasteiger partial charge in [-0.25, -0.2) is 0 Å². The number of rotatable bonds is 3. The van der Waals surface area contributed by atoms with E-state index in [-0.39, 0.29) is 18.3 Å². The number of hydrogen-bond acceptors (Lipinski definition) is 3. The first-order chi connectivity index (χ1) is 7.69. The second-order valence-corrected chi connectivity index (χ2v) is 4.21. The van der Waals surface area contributed by atoms with Gasteiger partial charge in [0.05, 0.1) is 12.2 Å². The zero-order valence-electron chi connectivity index (χ0n) is 10.2. The van der Waals surface area contributed by atoms with Gasteiger partial charge < -0.3 is 14.2 Å². The Balaban J connectivity index is 2.30. The summed E-state index contributed by atoms with van der Waals surface area (Å²) in [5.41, 5.74) is 3.66. The van der Waals surface area contributed by atoms with E-state index in [1.165, 1.54) is 16.7 Å². The van der Waals surface area contributed by atoms with E-state index in [2.05, 4.69) is 19.1 Å². The van der Waals surface area contributed by atoms with Gasteiger partial charge in [0.2, 0.25) is 0 Å². The van der Waals surface area contributed by atoms with E-state index >= 15 is 0 Å². The van der Waals surface area contributed by atoms with Crippen molar-refractivity contribution in [2.45, 2.75) is 26.2 Å². The van der Waals surface area contributed by atoms with Crippen LogP contribution in [0, 0.1) is 5.92 Å². The van der Waals surface area contributed by atoms with E-state index < -0.39 is 0 Å². The van der Waals surface area contributed by atoms with Crippen molar-refractivity contribution >= 4 is 0 Å². The van der Waals surface area contributed by atoms with Crippen molar-refractivity contribution in [1.29, 1.82) is 0 Å². The molecule has 1 heterocycles. The van der Waals surface area contributed by atoms with E-state index in [1.54, 1.807) is 14.2 Å². The van der Waals surface area contributed by atoms with Gasteiger partial charge in [-0.1, -0.05) is 12.2 Å². The third-order valence-electron chi connectivity index (χ3n) is 3.27. The third kappa shape index (κ3) is 1.70. The predicted octanol–water partition coefficient (Wildman–Crippen LogP) is 2.41. The smallest absolute Gasteiger partial charge is 0.167 e. The van der Waals surface area contributed by atoms with E-state index in [1.807, 2.05) is 13.2 Å². The average molecular weight is 222 g/mol. The van der Waals surface area contributed by atoms with Gasteiger partial charge in [0.15, 0.2) is 6.29 Å². The lowest BCUT2D eigenvalue weighted by Gasteiger charge is -2.34. The highest BCUT2D eigenvalue weighted by atomic mass is 16.7. The highest BCUT2D eigenvalue weighted by molar-refractivity contribution is 5.55. The van der Waals surface area contributed by atoms with Crippen LogP contribution >= 0.6 is 0 Å². The zero-order valence-corrected chi connectivity index (χ0v) is 10.2. The minimum absolute atomic E-state index is 0.0687. The summed E-state index contributed by atoms with van der Waals surface area (Å²) in [5.74, 6) is 0.128. The average Bonchev–Trinajstić information content (AvgIpc) is 2.65. The summed E-state index contributed by atoms with van der Waals surface area (Å²) < 4.78 is 16.4. The quantitative estimate of drug-likeness (QED) is 0.686. The van der Waals surface area contributed by atoms with Crippen LogP contribution in [-0.4, -0.2) is 26.6 Å². The Labute approximate surface area is 96.4 Å². The molecule has 0 saturated heterocycles. The van der Waals surface area contributed by atoms with Crippen molar-refractivity contribution < 1.29 is 14.2 Å². The molecule has 2 rings (SSSR count). The fourth-order valence-electron chi connectivity index (χ4n) is 2.34. The molecule has 2 aliphatic rings. The van der Waals surface area contributed by atoms with Crippen LogP contribution < -0.4 is 0 Å². The maximum Gasteiger partial charge on any atom is 0.167 e. The molecule has 88 valence electrons. The van der Waals surface area contributed by atoms with Gasteiger partial charge in [-0.2, -0.15) is 0 Å². The van der Waals surface area contributed by atoms with Crippen LogP contribution in [0.2, 0.25) is 0 Å². The molecule has 0 aromatic heterocycles. The number of ether oxygens (including phenoxy) is 3. The molecule has 0 N–H and O–H groups in total. The number of fused-ring (bicyclic) bond motifs is 1. The van der Waals surface area contributed by atoms with E-state index in [9.17, 15) is 0 Å². The minimum Gasteiger partial charge on any atom is -0.497 e. The summed E-state index contributed by atoms with van der Waals surface area (Å²) in [5, 5.41) is 0. The zero-order chi connectivity index (χ0) is 11.7. The lowest BCUT2D eigenvalue weighted by Crippen LogP contribution is -2.37. The highest BCUT2D eigenvalue weighted by Crippen LogP contribution is 2.39. The molecule has 1 aliphatic heterocycles. The second kappa shape index (κ2) is 4.44. The van der Waals surface area contributed by atoms with E-state index in [0.717, 1.165) is 0 Å². The van der Waals surface area contributed by atoms with Crippen LogP contribution in [0.1, 0.15) is 13.8 Å². The molecule has 3 heteroatoms. The second-order valence-electron chi connectivity index (χ2n) is 4.21. The molecular formula is C13H18O3. The SMILES string of the molecule is COC(OC)C1C2=CC=C(C)C2=COC1C. The van der Waals surface area contributed by atoms with Crippen LogP contribution in [0.25, 0.3) is 0 Å². The maximum absolute atomic E-state index is 5.66. The van der Waals surface area contributed by atoms with Crippen molar-refractivity contribution in [3.63, 3.8) is 0 Å². The largest absolute Gasteiger partial charge is 0.497 e. The molecule has 2 atom stereocenters. The van der Waals surface area contributed by atoms with Gasteiger partial charge in [0.1, 0.15) is 6.10 Å². The third-order valence-corrected chi connectivity index (χ3v) is 3.27. The molecule has 16 heavy (non-hydrogen) atoms. The molecule has 3 nitrogen and oxygen atoms in total. The van der Waals surface area contributed by atoms with Crippen molar-refractivity contribution in [3.05, 3.63) is 35.1 Å². The number of allylic oxidation sites excluding steroid dienone is 4. The van der Waals surface area contributed by atoms with Gasteiger partial charge in [0.25, 0.3) is 0 Å². The minimum atomic E-state index is -0.260. The van der Waals surface area contributed by atoms with Gasteiger partial charge >= 0.3 is 0 Å². The summed E-state index contributed by atoms with van der Waals surface area (Å²) in [6.07, 6.45) is 5.89. The van der Waals surface area contributed by atoms with E-state index in [4.69, 9.17) is 14.2 Å². The number of methoxy groups -OCH3 is 2. The van der Waals surface area contributed by atoms with Gasteiger partial charge in [-0.3, -0.25) is 0 Å². The predicted molar refractivity (Wildman–Crippen MR) is 61.8 cm³/mol. The van der Waals surface area contributed by atoms with Crippen molar-refractivity contribution in [2.24, 2.45) is 5.92 Å². The molecule has 0 spiro atoms. The Morgan fingerprint density at radius 3 is 2.56 bits per heavy atom. The van der Waals surface area contributed by atoms with Gasteiger partial charge in [0, 0.05) is 19.8 Å². The summed E-state index contributed by atoms with van der Waals surface area (Å²) in [4.78, 5) is 0. The van der Waals surface area contributed by atoms with E-state index in [0.29, 0.717) is 0 Å². The molecule has 0 amide bonds. The van der Waals surface area contributed by atoms with Crippen molar-refractivity contribution in [2.75, 3.05) is 14.2 Å². The normalized spacial score (nSPS) is 28.2. The Kier molecular flexibility index (Phi) is 3.17. The first-order valence-corrected chi connectivity index (χ1v) is 5.49. The Morgan fingerprint density at radius 1 is 1.25 bits per heavy atom. The van der Waals surface area contributed by atoms with Gasteiger partial charge in [-0.15, -0.1) is 0 Å². The molecule has 0 bridgehead atoms. The molecule has 0 aromatic carbocycles. The molecule has 0 saturated carbocycles. The Hall–Kier alpha value is -1.06. The fraction of sp³-hybridized carbons (Fsp3) is 0.538. The van der Waals surface area contributed by atoms with Crippen LogP contribution in [0.15, 0.2) is 35.1 Å². The summed E-state index contributed by atoms with van der Waals surface area (Å²) in [7, 11) is 3.32. The monoisotopic (exact) mass is 222 g/mol. The van der Waals surface area contributed by atoms with Gasteiger partial charge in [-0.05, 0) is 25.0 Å². The first-order valence-electron chi connectivity index (χ1n) is 5.49. The molecular weight excluding hydrogens is 204 g/mol. The molecule has 1 aliphatic carbocycles. The molecule has 0 radical (unpaired) electrons. The maximum atomic E-state index is 5.66. The van der Waals surface area contributed by atoms with Crippen molar-refractivity contribution in [1.82, 2.24) is 0 Å². The summed E-state index contributed by atoms with van der Waals surface area (Å²) in [6, 6.07) is 0. The van der Waals surface area contributed by atoms with Crippen LogP contribution in [0.5, 0.6) is 0 Å². The lowest BCUT2D eigenvalue weighted by atomic mass is 9.86. The standard InChI is InChI=1S/C13H18O3/c1-8-5-6-10-11(8)7-16-9(2)12(10)13(14-3)15-4/h5-7,9,12-13H,1-4H3.